The molecule has 2 heteroatoms. The second-order valence-corrected chi connectivity index (χ2v) is 3.01. The first-order valence-electron chi connectivity index (χ1n) is 3.80. The number of rotatable bonds is 0. The zero-order chi connectivity index (χ0) is 7.84. The molecule has 1 aliphatic rings. The summed E-state index contributed by atoms with van der Waals surface area (Å²) in [4.78, 5) is 0. The van der Waals surface area contributed by atoms with Crippen molar-refractivity contribution < 1.29 is 4.39 Å². The van der Waals surface area contributed by atoms with Crippen molar-refractivity contribution in [1.29, 1.82) is 0 Å². The lowest BCUT2D eigenvalue weighted by molar-refractivity contribution is 0.628. The van der Waals surface area contributed by atoms with Gasteiger partial charge in [0.2, 0.25) is 0 Å². The van der Waals surface area contributed by atoms with Gasteiger partial charge in [-0.3, -0.25) is 0 Å². The van der Waals surface area contributed by atoms with E-state index < -0.39 is 0 Å². The molecule has 1 atom stereocenters. The molecule has 1 aliphatic heterocycles. The monoisotopic (exact) mass is 151 g/mol. The predicted octanol–water partition coefficient (Wildman–Crippen LogP) is 2.35. The summed E-state index contributed by atoms with van der Waals surface area (Å²) in [6.07, 6.45) is 0. The highest BCUT2D eigenvalue weighted by atomic mass is 19.1. The third-order valence-corrected chi connectivity index (χ3v) is 2.14. The average Bonchev–Trinajstić information content (AvgIpc) is 2.32. The summed E-state index contributed by atoms with van der Waals surface area (Å²) in [5.41, 5.74) is 2.18. The van der Waals surface area contributed by atoms with Crippen molar-refractivity contribution >= 4 is 5.69 Å². The standard InChI is InChI=1S/C9H10FN/c1-6-5-11-9-4-7(10)2-3-8(6)9/h2-4,6,11H,5H2,1H3. The molecule has 1 aromatic carbocycles. The fourth-order valence-electron chi connectivity index (χ4n) is 1.48. The van der Waals surface area contributed by atoms with Crippen LogP contribution in [0.5, 0.6) is 0 Å². The van der Waals surface area contributed by atoms with Crippen LogP contribution in [0.1, 0.15) is 18.4 Å². The van der Waals surface area contributed by atoms with Crippen LogP contribution in [0.4, 0.5) is 10.1 Å². The second-order valence-electron chi connectivity index (χ2n) is 3.01. The molecule has 0 radical (unpaired) electrons. The predicted molar refractivity (Wildman–Crippen MR) is 43.3 cm³/mol. The molecule has 0 aromatic heterocycles. The zero-order valence-corrected chi connectivity index (χ0v) is 6.39. The van der Waals surface area contributed by atoms with E-state index in [1.54, 1.807) is 6.07 Å². The zero-order valence-electron chi connectivity index (χ0n) is 6.39. The van der Waals surface area contributed by atoms with E-state index in [2.05, 4.69) is 12.2 Å². The van der Waals surface area contributed by atoms with Crippen LogP contribution in [0, 0.1) is 5.82 Å². The number of halogens is 1. The maximum Gasteiger partial charge on any atom is 0.125 e. The quantitative estimate of drug-likeness (QED) is 0.600. The Balaban J connectivity index is 2.50. The van der Waals surface area contributed by atoms with Crippen LogP contribution >= 0.6 is 0 Å². The van der Waals surface area contributed by atoms with Gasteiger partial charge in [0.1, 0.15) is 5.82 Å². The van der Waals surface area contributed by atoms with Gasteiger partial charge >= 0.3 is 0 Å². The molecular weight excluding hydrogens is 141 g/mol. The Labute approximate surface area is 65.2 Å². The van der Waals surface area contributed by atoms with Crippen molar-refractivity contribution in [3.05, 3.63) is 29.6 Å². The first-order valence-corrected chi connectivity index (χ1v) is 3.80. The van der Waals surface area contributed by atoms with Crippen molar-refractivity contribution in [3.8, 4) is 0 Å². The van der Waals surface area contributed by atoms with Crippen LogP contribution in [-0.2, 0) is 0 Å². The van der Waals surface area contributed by atoms with E-state index in [1.807, 2.05) is 6.07 Å². The maximum atomic E-state index is 12.6. The lowest BCUT2D eigenvalue weighted by Gasteiger charge is -2.00. The summed E-state index contributed by atoms with van der Waals surface area (Å²) in [7, 11) is 0. The minimum Gasteiger partial charge on any atom is -0.384 e. The van der Waals surface area contributed by atoms with Gasteiger partial charge in [-0.2, -0.15) is 0 Å². The topological polar surface area (TPSA) is 12.0 Å². The Hall–Kier alpha value is -1.05. The molecule has 58 valence electrons. The summed E-state index contributed by atoms with van der Waals surface area (Å²) in [6, 6.07) is 4.93. The Bertz CT molecular complexity index is 283. The van der Waals surface area contributed by atoms with Gasteiger partial charge in [0.05, 0.1) is 0 Å². The highest BCUT2D eigenvalue weighted by Crippen LogP contribution is 2.30. The van der Waals surface area contributed by atoms with E-state index in [1.165, 1.54) is 11.6 Å². The van der Waals surface area contributed by atoms with Crippen molar-refractivity contribution in [3.63, 3.8) is 0 Å². The molecule has 0 saturated carbocycles. The molecule has 1 unspecified atom stereocenters. The molecule has 1 heterocycles. The Morgan fingerprint density at radius 3 is 3.18 bits per heavy atom. The molecule has 0 aliphatic carbocycles. The molecule has 0 fully saturated rings. The van der Waals surface area contributed by atoms with Gasteiger partial charge in [-0.15, -0.1) is 0 Å². The van der Waals surface area contributed by atoms with Gasteiger partial charge in [-0.1, -0.05) is 13.0 Å². The normalized spacial score (nSPS) is 21.1. The smallest absolute Gasteiger partial charge is 0.125 e. The number of anilines is 1. The summed E-state index contributed by atoms with van der Waals surface area (Å²) >= 11 is 0. The van der Waals surface area contributed by atoms with Gasteiger partial charge < -0.3 is 5.32 Å². The third-order valence-electron chi connectivity index (χ3n) is 2.14. The fraction of sp³-hybridized carbons (Fsp3) is 0.333. The summed E-state index contributed by atoms with van der Waals surface area (Å²) in [5, 5.41) is 3.15. The first-order chi connectivity index (χ1) is 5.27. The minimum absolute atomic E-state index is 0.162. The number of fused-ring (bicyclic) bond motifs is 1. The number of hydrogen-bond donors (Lipinski definition) is 1. The van der Waals surface area contributed by atoms with Gasteiger partial charge in [0.25, 0.3) is 0 Å². The highest BCUT2D eigenvalue weighted by Gasteiger charge is 2.17. The summed E-state index contributed by atoms with van der Waals surface area (Å²) in [6.45, 7) is 3.07. The molecule has 1 aromatic rings. The van der Waals surface area contributed by atoms with Crippen LogP contribution < -0.4 is 5.32 Å². The van der Waals surface area contributed by atoms with Gasteiger partial charge in [-0.25, -0.2) is 4.39 Å². The molecular formula is C9H10FN. The van der Waals surface area contributed by atoms with Crippen molar-refractivity contribution in [2.45, 2.75) is 12.8 Å². The third kappa shape index (κ3) is 0.985. The van der Waals surface area contributed by atoms with Crippen molar-refractivity contribution in [2.24, 2.45) is 0 Å². The van der Waals surface area contributed by atoms with Gasteiger partial charge in [-0.05, 0) is 17.7 Å². The van der Waals surface area contributed by atoms with Gasteiger partial charge in [0, 0.05) is 18.2 Å². The first kappa shape index (κ1) is 6.65. The molecule has 1 nitrogen and oxygen atoms in total. The second kappa shape index (κ2) is 2.22. The average molecular weight is 151 g/mol. The summed E-state index contributed by atoms with van der Waals surface area (Å²) < 4.78 is 12.6. The molecule has 0 saturated heterocycles. The maximum absolute atomic E-state index is 12.6. The van der Waals surface area contributed by atoms with Crippen LogP contribution in [-0.4, -0.2) is 6.54 Å². The molecule has 11 heavy (non-hydrogen) atoms. The van der Waals surface area contributed by atoms with E-state index in [0.717, 1.165) is 12.2 Å². The van der Waals surface area contributed by atoms with Crippen LogP contribution in [0.15, 0.2) is 18.2 Å². The Morgan fingerprint density at radius 2 is 2.36 bits per heavy atom. The molecule has 0 amide bonds. The van der Waals surface area contributed by atoms with Crippen LogP contribution in [0.25, 0.3) is 0 Å². The molecule has 2 rings (SSSR count). The number of hydrogen-bond acceptors (Lipinski definition) is 1. The van der Waals surface area contributed by atoms with E-state index >= 15 is 0 Å². The largest absolute Gasteiger partial charge is 0.384 e. The van der Waals surface area contributed by atoms with Gasteiger partial charge in [0.15, 0.2) is 0 Å². The number of benzene rings is 1. The molecule has 0 bridgehead atoms. The molecule has 1 N–H and O–H groups in total. The lowest BCUT2D eigenvalue weighted by Crippen LogP contribution is -1.95. The number of nitrogens with one attached hydrogen (secondary N) is 1. The fourth-order valence-corrected chi connectivity index (χ4v) is 1.48. The Kier molecular flexibility index (Phi) is 1.34. The summed E-state index contributed by atoms with van der Waals surface area (Å²) in [5.74, 6) is 0.357. The van der Waals surface area contributed by atoms with Crippen LogP contribution in [0.2, 0.25) is 0 Å². The molecule has 0 spiro atoms. The SMILES string of the molecule is CC1CNc2cc(F)ccc21. The van der Waals surface area contributed by atoms with E-state index in [9.17, 15) is 4.39 Å². The highest BCUT2D eigenvalue weighted by molar-refractivity contribution is 5.57. The van der Waals surface area contributed by atoms with E-state index in [-0.39, 0.29) is 5.82 Å². The Morgan fingerprint density at radius 1 is 1.55 bits per heavy atom. The van der Waals surface area contributed by atoms with Crippen molar-refractivity contribution in [2.75, 3.05) is 11.9 Å². The van der Waals surface area contributed by atoms with Crippen molar-refractivity contribution in [1.82, 2.24) is 0 Å². The lowest BCUT2D eigenvalue weighted by atomic mass is 10.0. The van der Waals surface area contributed by atoms with E-state index in [4.69, 9.17) is 0 Å². The minimum atomic E-state index is -0.162. The van der Waals surface area contributed by atoms with E-state index in [0.29, 0.717) is 5.92 Å². The van der Waals surface area contributed by atoms with Crippen LogP contribution in [0.3, 0.4) is 0 Å².